The van der Waals surface area contributed by atoms with Crippen molar-refractivity contribution in [3.05, 3.63) is 64.2 Å². The number of carboxylic acids is 1. The van der Waals surface area contributed by atoms with Gasteiger partial charge in [0.15, 0.2) is 0 Å². The fourth-order valence-corrected chi connectivity index (χ4v) is 3.60. The van der Waals surface area contributed by atoms with E-state index in [0.29, 0.717) is 5.56 Å². The van der Waals surface area contributed by atoms with Gasteiger partial charge in [-0.05, 0) is 65.1 Å². The van der Waals surface area contributed by atoms with E-state index in [1.807, 2.05) is 6.07 Å². The Bertz CT molecular complexity index is 940. The van der Waals surface area contributed by atoms with Crippen molar-refractivity contribution < 1.29 is 15.0 Å². The second-order valence-electron chi connectivity index (χ2n) is 8.32. The van der Waals surface area contributed by atoms with Gasteiger partial charge in [0, 0.05) is 11.1 Å². The number of hydrogen-bond acceptors (Lipinski definition) is 2. The Hall–Kier alpha value is -2.73. The van der Waals surface area contributed by atoms with Crippen molar-refractivity contribution in [2.24, 2.45) is 0 Å². The topological polar surface area (TPSA) is 57.5 Å². The van der Waals surface area contributed by atoms with Gasteiger partial charge in [0.1, 0.15) is 11.3 Å². The van der Waals surface area contributed by atoms with Crippen LogP contribution in [0.2, 0.25) is 0 Å². The van der Waals surface area contributed by atoms with Crippen LogP contribution in [0.25, 0.3) is 0 Å². The summed E-state index contributed by atoms with van der Waals surface area (Å²) in [7, 11) is 0. The Balaban J connectivity index is 1.97. The van der Waals surface area contributed by atoms with Crippen LogP contribution in [-0.4, -0.2) is 16.2 Å². The van der Waals surface area contributed by atoms with Crippen molar-refractivity contribution in [2.75, 3.05) is 0 Å². The molecular weight excluding hydrogens is 324 g/mol. The van der Waals surface area contributed by atoms with Crippen molar-refractivity contribution in [1.29, 1.82) is 0 Å². The fourth-order valence-electron chi connectivity index (χ4n) is 3.60. The SMILES string of the molecule is CC1(C)CCC(C)(C)c2cc(C#Cc3ccc(C(=O)O)c(O)c3)ccc21. The second-order valence-corrected chi connectivity index (χ2v) is 8.32. The molecule has 0 heterocycles. The monoisotopic (exact) mass is 348 g/mol. The number of rotatable bonds is 1. The van der Waals surface area contributed by atoms with Crippen molar-refractivity contribution in [1.82, 2.24) is 0 Å². The van der Waals surface area contributed by atoms with E-state index in [0.717, 1.165) is 12.0 Å². The highest BCUT2D eigenvalue weighted by Gasteiger charge is 2.36. The van der Waals surface area contributed by atoms with Gasteiger partial charge >= 0.3 is 5.97 Å². The van der Waals surface area contributed by atoms with E-state index in [4.69, 9.17) is 5.11 Å². The summed E-state index contributed by atoms with van der Waals surface area (Å²) in [6.45, 7) is 9.14. The van der Waals surface area contributed by atoms with Crippen molar-refractivity contribution in [3.63, 3.8) is 0 Å². The maximum absolute atomic E-state index is 11.0. The van der Waals surface area contributed by atoms with Crippen LogP contribution < -0.4 is 0 Å². The quantitative estimate of drug-likeness (QED) is 0.725. The van der Waals surface area contributed by atoms with Gasteiger partial charge in [-0.15, -0.1) is 0 Å². The number of carboxylic acid groups (broad SMARTS) is 1. The summed E-state index contributed by atoms with van der Waals surface area (Å²) in [6, 6.07) is 10.8. The Morgan fingerprint density at radius 1 is 0.885 bits per heavy atom. The highest BCUT2D eigenvalue weighted by molar-refractivity contribution is 5.90. The molecule has 0 fully saturated rings. The average molecular weight is 348 g/mol. The lowest BCUT2D eigenvalue weighted by Crippen LogP contribution is -2.33. The molecule has 0 spiro atoms. The van der Waals surface area contributed by atoms with Gasteiger partial charge in [-0.1, -0.05) is 45.6 Å². The Labute approximate surface area is 154 Å². The number of benzene rings is 2. The van der Waals surface area contributed by atoms with Gasteiger partial charge in [-0.3, -0.25) is 0 Å². The lowest BCUT2D eigenvalue weighted by molar-refractivity contribution is 0.0693. The Kier molecular flexibility index (Phi) is 4.32. The summed E-state index contributed by atoms with van der Waals surface area (Å²) in [6.07, 6.45) is 2.32. The molecule has 1 aliphatic rings. The summed E-state index contributed by atoms with van der Waals surface area (Å²) < 4.78 is 0. The van der Waals surface area contributed by atoms with E-state index in [1.54, 1.807) is 6.07 Å². The van der Waals surface area contributed by atoms with Crippen LogP contribution in [0, 0.1) is 11.8 Å². The lowest BCUT2D eigenvalue weighted by Gasteiger charge is -2.41. The van der Waals surface area contributed by atoms with Crippen LogP contribution in [0.3, 0.4) is 0 Å². The minimum Gasteiger partial charge on any atom is -0.507 e. The van der Waals surface area contributed by atoms with Crippen LogP contribution in [-0.2, 0) is 10.8 Å². The summed E-state index contributed by atoms with van der Waals surface area (Å²) in [5.74, 6) is 4.75. The number of aromatic carboxylic acids is 1. The summed E-state index contributed by atoms with van der Waals surface area (Å²) in [5, 5.41) is 18.8. The van der Waals surface area contributed by atoms with Gasteiger partial charge in [-0.25, -0.2) is 4.79 Å². The molecule has 0 unspecified atom stereocenters. The lowest BCUT2D eigenvalue weighted by atomic mass is 9.63. The molecule has 3 nitrogen and oxygen atoms in total. The zero-order valence-electron chi connectivity index (χ0n) is 15.7. The highest BCUT2D eigenvalue weighted by Crippen LogP contribution is 2.45. The van der Waals surface area contributed by atoms with Crippen molar-refractivity contribution in [3.8, 4) is 17.6 Å². The minimum absolute atomic E-state index is 0.117. The molecular formula is C23H24O3. The van der Waals surface area contributed by atoms with Crippen molar-refractivity contribution in [2.45, 2.75) is 51.4 Å². The summed E-state index contributed by atoms with van der Waals surface area (Å²) >= 11 is 0. The highest BCUT2D eigenvalue weighted by atomic mass is 16.4. The third-order valence-corrected chi connectivity index (χ3v) is 5.43. The van der Waals surface area contributed by atoms with E-state index in [2.05, 4.69) is 51.7 Å². The largest absolute Gasteiger partial charge is 0.507 e. The van der Waals surface area contributed by atoms with Crippen LogP contribution in [0.15, 0.2) is 36.4 Å². The van der Waals surface area contributed by atoms with Crippen LogP contribution in [0.4, 0.5) is 0 Å². The smallest absolute Gasteiger partial charge is 0.339 e. The normalized spacial score (nSPS) is 16.9. The first-order valence-corrected chi connectivity index (χ1v) is 8.83. The molecule has 0 saturated heterocycles. The molecule has 0 radical (unpaired) electrons. The van der Waals surface area contributed by atoms with E-state index in [1.165, 1.54) is 29.7 Å². The molecule has 0 aliphatic heterocycles. The summed E-state index contributed by atoms with van der Waals surface area (Å²) in [5.41, 5.74) is 4.45. The summed E-state index contributed by atoms with van der Waals surface area (Å²) in [4.78, 5) is 11.0. The molecule has 3 rings (SSSR count). The maximum Gasteiger partial charge on any atom is 0.339 e. The van der Waals surface area contributed by atoms with Gasteiger partial charge in [0.05, 0.1) is 0 Å². The van der Waals surface area contributed by atoms with Gasteiger partial charge < -0.3 is 10.2 Å². The zero-order chi connectivity index (χ0) is 19.1. The first-order chi connectivity index (χ1) is 12.1. The van der Waals surface area contributed by atoms with Crippen LogP contribution in [0.5, 0.6) is 5.75 Å². The van der Waals surface area contributed by atoms with Gasteiger partial charge in [-0.2, -0.15) is 0 Å². The first kappa shape index (κ1) is 18.1. The molecule has 2 aromatic rings. The third-order valence-electron chi connectivity index (χ3n) is 5.43. The molecule has 2 aromatic carbocycles. The molecule has 1 aliphatic carbocycles. The number of phenols is 1. The molecule has 0 aromatic heterocycles. The zero-order valence-corrected chi connectivity index (χ0v) is 15.7. The molecule has 0 amide bonds. The Morgan fingerprint density at radius 3 is 2.00 bits per heavy atom. The average Bonchev–Trinajstić information content (AvgIpc) is 2.57. The molecule has 134 valence electrons. The first-order valence-electron chi connectivity index (χ1n) is 8.83. The Morgan fingerprint density at radius 2 is 1.42 bits per heavy atom. The third kappa shape index (κ3) is 3.32. The number of hydrogen-bond donors (Lipinski definition) is 2. The van der Waals surface area contributed by atoms with Gasteiger partial charge in [0.25, 0.3) is 0 Å². The number of carbonyl (C=O) groups is 1. The predicted molar refractivity (Wildman–Crippen MR) is 103 cm³/mol. The molecule has 0 bridgehead atoms. The van der Waals surface area contributed by atoms with Crippen LogP contribution >= 0.6 is 0 Å². The minimum atomic E-state index is -1.15. The van der Waals surface area contributed by atoms with Crippen LogP contribution in [0.1, 0.15) is 73.1 Å². The molecule has 2 N–H and O–H groups in total. The predicted octanol–water partition coefficient (Wildman–Crippen LogP) is 4.84. The molecule has 0 saturated carbocycles. The standard InChI is InChI=1S/C23H24O3/c1-22(2)11-12-23(3,4)19-13-15(8-10-18(19)22)5-6-16-7-9-17(21(25)26)20(24)14-16/h7-10,13-14,24H,11-12H2,1-4H3,(H,25,26). The number of aromatic hydroxyl groups is 1. The number of fused-ring (bicyclic) bond motifs is 1. The molecule has 26 heavy (non-hydrogen) atoms. The second kappa shape index (κ2) is 6.21. The molecule has 0 atom stereocenters. The van der Waals surface area contributed by atoms with E-state index in [-0.39, 0.29) is 22.1 Å². The van der Waals surface area contributed by atoms with Gasteiger partial charge in [0.2, 0.25) is 0 Å². The van der Waals surface area contributed by atoms with Crippen molar-refractivity contribution >= 4 is 5.97 Å². The van der Waals surface area contributed by atoms with E-state index in [9.17, 15) is 9.90 Å². The van der Waals surface area contributed by atoms with E-state index >= 15 is 0 Å². The maximum atomic E-state index is 11.0. The van der Waals surface area contributed by atoms with E-state index < -0.39 is 5.97 Å². The molecule has 3 heteroatoms. The fraction of sp³-hybridized carbons (Fsp3) is 0.348.